The Kier molecular flexibility index (Phi) is 5.26. The number of phosphoric ester groups is 1. The van der Waals surface area contributed by atoms with E-state index in [1.807, 2.05) is 0 Å². The van der Waals surface area contributed by atoms with E-state index in [0.717, 1.165) is 0 Å². The molecule has 0 heterocycles. The molecule has 2 unspecified atom stereocenters. The van der Waals surface area contributed by atoms with Gasteiger partial charge in [-0.05, 0) is 0 Å². The Morgan fingerprint density at radius 1 is 0.933 bits per heavy atom. The van der Waals surface area contributed by atoms with Crippen LogP contribution in [0, 0.1) is 0 Å². The molecule has 0 radical (unpaired) electrons. The van der Waals surface area contributed by atoms with Gasteiger partial charge in [0.05, 0.1) is 0 Å². The molecule has 0 amide bonds. The summed E-state index contributed by atoms with van der Waals surface area (Å²) in [5, 5.41) is 0. The van der Waals surface area contributed by atoms with Crippen LogP contribution in [0.4, 0.5) is 0 Å². The summed E-state index contributed by atoms with van der Waals surface area (Å²) in [4.78, 5) is 33.4. The third-order valence-corrected chi connectivity index (χ3v) is 4.46. The van der Waals surface area contributed by atoms with Crippen molar-refractivity contribution in [3.8, 4) is 0 Å². The van der Waals surface area contributed by atoms with Crippen LogP contribution < -0.4 is 5.73 Å². The van der Waals surface area contributed by atoms with Gasteiger partial charge >= 0.3 is 23.5 Å². The van der Waals surface area contributed by atoms with E-state index in [4.69, 9.17) is 19.6 Å². The zero-order valence-electron chi connectivity index (χ0n) is 6.86. The molecule has 0 aliphatic carbocycles. The minimum Gasteiger partial charge on any atom is -0.308 e. The highest BCUT2D eigenvalue weighted by Crippen LogP contribution is 2.66. The van der Waals surface area contributed by atoms with Crippen LogP contribution in [0.1, 0.15) is 0 Å². The van der Waals surface area contributed by atoms with E-state index in [2.05, 4.69) is 18.9 Å². The van der Waals surface area contributed by atoms with Crippen LogP contribution in [0.5, 0.6) is 0 Å². The predicted octanol–water partition coefficient (Wildman–Crippen LogP) is -0.754. The lowest BCUT2D eigenvalue weighted by Crippen LogP contribution is -2.04. The van der Waals surface area contributed by atoms with Crippen molar-refractivity contribution in [2.45, 2.75) is 0 Å². The average Bonchev–Trinajstić information content (AvgIpc) is 1.74. The predicted molar refractivity (Wildman–Crippen MR) is 44.0 cm³/mol. The van der Waals surface area contributed by atoms with Gasteiger partial charge < -0.3 is 25.3 Å². The Balaban J connectivity index is 4.59. The molecule has 6 N–H and O–H groups in total. The summed E-state index contributed by atoms with van der Waals surface area (Å²) < 4.78 is 41.9. The van der Waals surface area contributed by atoms with Crippen LogP contribution in [0.3, 0.4) is 0 Å². The Morgan fingerprint density at radius 3 is 1.73 bits per heavy atom. The number of nitrogens with two attached hydrogens (primary N) is 1. The largest absolute Gasteiger partial charge is 0.490 e. The van der Waals surface area contributed by atoms with Crippen molar-refractivity contribution in [2.75, 3.05) is 6.73 Å². The van der Waals surface area contributed by atoms with Crippen molar-refractivity contribution < 1.29 is 46.4 Å². The molecule has 14 heteroatoms. The van der Waals surface area contributed by atoms with Crippen molar-refractivity contribution in [1.29, 1.82) is 0 Å². The summed E-state index contributed by atoms with van der Waals surface area (Å²) in [6.45, 7) is -0.816. The van der Waals surface area contributed by atoms with Gasteiger partial charge in [0.1, 0.15) is 6.73 Å². The van der Waals surface area contributed by atoms with Crippen LogP contribution >= 0.6 is 23.5 Å². The Labute approximate surface area is 83.2 Å². The molecule has 92 valence electrons. The Hall–Kier alpha value is 0.370. The van der Waals surface area contributed by atoms with Gasteiger partial charge in [-0.1, -0.05) is 0 Å². The number of hydrogen-bond acceptors (Lipinski definition) is 7. The van der Waals surface area contributed by atoms with Crippen LogP contribution in [0.25, 0.3) is 0 Å². The minimum absolute atomic E-state index is 0.816. The molecule has 0 aliphatic heterocycles. The van der Waals surface area contributed by atoms with Gasteiger partial charge in [-0.2, -0.15) is 8.62 Å². The normalized spacial score (nSPS) is 20.6. The molecule has 0 bridgehead atoms. The summed E-state index contributed by atoms with van der Waals surface area (Å²) in [5.74, 6) is 0. The van der Waals surface area contributed by atoms with Gasteiger partial charge in [-0.25, -0.2) is 13.7 Å². The Morgan fingerprint density at radius 2 is 1.40 bits per heavy atom. The summed E-state index contributed by atoms with van der Waals surface area (Å²) in [6, 6.07) is 0. The molecule has 0 saturated heterocycles. The van der Waals surface area contributed by atoms with Gasteiger partial charge in [0, 0.05) is 0 Å². The molecular formula is CH8NO10P3. The first-order valence-corrected chi connectivity index (χ1v) is 7.48. The van der Waals surface area contributed by atoms with Gasteiger partial charge in [0.15, 0.2) is 0 Å². The second kappa shape index (κ2) is 5.13. The van der Waals surface area contributed by atoms with Gasteiger partial charge in [-0.15, -0.1) is 0 Å². The maximum Gasteiger partial charge on any atom is 0.490 e. The van der Waals surface area contributed by atoms with Gasteiger partial charge in [-0.3, -0.25) is 4.52 Å². The first-order valence-electron chi connectivity index (χ1n) is 2.96. The van der Waals surface area contributed by atoms with Crippen molar-refractivity contribution in [1.82, 2.24) is 0 Å². The van der Waals surface area contributed by atoms with E-state index in [0.29, 0.717) is 0 Å². The summed E-state index contributed by atoms with van der Waals surface area (Å²) in [7, 11) is -15.8. The van der Waals surface area contributed by atoms with E-state index < -0.39 is 30.2 Å². The molecule has 0 aromatic rings. The maximum atomic E-state index is 10.7. The zero-order chi connectivity index (χ0) is 12.3. The Bertz CT molecular complexity index is 343. The quantitative estimate of drug-likeness (QED) is 0.305. The summed E-state index contributed by atoms with van der Waals surface area (Å²) >= 11 is 0. The van der Waals surface area contributed by atoms with E-state index in [1.54, 1.807) is 0 Å². The highest BCUT2D eigenvalue weighted by Gasteiger charge is 2.40. The van der Waals surface area contributed by atoms with Crippen molar-refractivity contribution in [3.05, 3.63) is 0 Å². The molecular weight excluding hydrogens is 279 g/mol. The fourth-order valence-corrected chi connectivity index (χ4v) is 3.28. The molecule has 0 rings (SSSR count). The lowest BCUT2D eigenvalue weighted by molar-refractivity contribution is 0.175. The molecule has 0 spiro atoms. The topological polar surface area (TPSA) is 186 Å². The van der Waals surface area contributed by atoms with Crippen LogP contribution in [-0.2, 0) is 26.8 Å². The van der Waals surface area contributed by atoms with Crippen molar-refractivity contribution in [3.63, 3.8) is 0 Å². The SMILES string of the molecule is NCOP(=O)(O)OP(=O)(O)OP(=O)(O)O. The van der Waals surface area contributed by atoms with E-state index in [9.17, 15) is 13.7 Å². The standard InChI is InChI=1S/CH8NO10P3/c2-1-10-14(6,7)12-15(8,9)11-13(3,4)5/h1-2H2,(H,6,7)(H,8,9)(H2,3,4,5). The lowest BCUT2D eigenvalue weighted by Gasteiger charge is -2.14. The lowest BCUT2D eigenvalue weighted by atomic mass is 11.4. The van der Waals surface area contributed by atoms with Crippen LogP contribution in [0.15, 0.2) is 0 Å². The zero-order valence-corrected chi connectivity index (χ0v) is 9.55. The fourth-order valence-electron chi connectivity index (χ4n) is 0.397. The third kappa shape index (κ3) is 8.21. The molecule has 0 aliphatic rings. The molecule has 0 aromatic heterocycles. The first kappa shape index (κ1) is 15.4. The number of rotatable bonds is 6. The average molecular weight is 287 g/mol. The van der Waals surface area contributed by atoms with Gasteiger partial charge in [0.2, 0.25) is 0 Å². The highest BCUT2D eigenvalue weighted by atomic mass is 31.3. The van der Waals surface area contributed by atoms with E-state index in [-0.39, 0.29) is 0 Å². The van der Waals surface area contributed by atoms with Crippen molar-refractivity contribution >= 4 is 23.5 Å². The molecule has 2 atom stereocenters. The second-order valence-electron chi connectivity index (χ2n) is 1.89. The van der Waals surface area contributed by atoms with Crippen molar-refractivity contribution in [2.24, 2.45) is 5.73 Å². The monoisotopic (exact) mass is 287 g/mol. The molecule has 11 nitrogen and oxygen atoms in total. The maximum absolute atomic E-state index is 10.7. The highest BCUT2D eigenvalue weighted by molar-refractivity contribution is 7.66. The minimum atomic E-state index is -5.42. The van der Waals surface area contributed by atoms with Crippen LogP contribution in [0.2, 0.25) is 0 Å². The summed E-state index contributed by atoms with van der Waals surface area (Å²) in [5.41, 5.74) is 4.66. The van der Waals surface area contributed by atoms with E-state index >= 15 is 0 Å². The van der Waals surface area contributed by atoms with E-state index in [1.165, 1.54) is 0 Å². The molecule has 15 heavy (non-hydrogen) atoms. The first-order chi connectivity index (χ1) is 6.47. The molecule has 0 fully saturated rings. The molecule has 0 saturated carbocycles. The second-order valence-corrected chi connectivity index (χ2v) is 6.31. The van der Waals surface area contributed by atoms with Crippen LogP contribution in [-0.4, -0.2) is 26.3 Å². The van der Waals surface area contributed by atoms with Gasteiger partial charge in [0.25, 0.3) is 0 Å². The number of hydrogen-bond donors (Lipinski definition) is 5. The smallest absolute Gasteiger partial charge is 0.308 e. The third-order valence-electron chi connectivity index (χ3n) is 0.654. The number of phosphoric acid groups is 3. The fraction of sp³-hybridized carbons (Fsp3) is 1.00. The summed E-state index contributed by atoms with van der Waals surface area (Å²) in [6.07, 6.45) is 0. The molecule has 0 aromatic carbocycles.